The zero-order valence-corrected chi connectivity index (χ0v) is 28.7. The Kier molecular flexibility index (Phi) is 13.7. The van der Waals surface area contributed by atoms with Crippen molar-refractivity contribution >= 4 is 34.9 Å². The van der Waals surface area contributed by atoms with E-state index in [9.17, 15) is 45.8 Å². The molecule has 0 radical (unpaired) electrons. The largest absolute Gasteiger partial charge is 0.492 e. The molecule has 19 heteroatoms. The Morgan fingerprint density at radius 3 is 1.80 bits per heavy atom. The van der Waals surface area contributed by atoms with Gasteiger partial charge in [-0.05, 0) is 78.4 Å². The van der Waals surface area contributed by atoms with Crippen molar-refractivity contribution < 1.29 is 80.0 Å². The predicted molar refractivity (Wildman–Crippen MR) is 180 cm³/mol. The number of anilines is 3. The van der Waals surface area contributed by atoms with Gasteiger partial charge >= 0.3 is 24.3 Å². The molecule has 0 spiro atoms. The highest BCUT2D eigenvalue weighted by atomic mass is 19.4. The molecule has 0 heterocycles. The normalized spacial score (nSPS) is 11.8. The number of carbonyl (C=O) groups is 3. The molecule has 4 aromatic rings. The number of alkyl halides is 6. The number of ether oxygens (including phenoxy) is 3. The minimum Gasteiger partial charge on any atom is -0.492 e. The van der Waals surface area contributed by atoms with Crippen molar-refractivity contribution in [2.24, 2.45) is 5.41 Å². The molecule has 4 rings (SSSR count). The van der Waals surface area contributed by atoms with Gasteiger partial charge in [0, 0.05) is 22.6 Å². The average molecular weight is 783 g/mol. The molecule has 0 saturated carbocycles. The fourth-order valence-corrected chi connectivity index (χ4v) is 4.88. The first-order chi connectivity index (χ1) is 26.0. The molecule has 0 saturated heterocycles. The van der Waals surface area contributed by atoms with Crippen LogP contribution in [0.3, 0.4) is 0 Å². The summed E-state index contributed by atoms with van der Waals surface area (Å²) < 4.78 is 101. The van der Waals surface area contributed by atoms with Gasteiger partial charge in [-0.1, -0.05) is 12.1 Å². The third-order valence-electron chi connectivity index (χ3n) is 7.95. The Morgan fingerprint density at radius 2 is 1.29 bits per heavy atom. The van der Waals surface area contributed by atoms with E-state index in [-0.39, 0.29) is 52.7 Å². The lowest BCUT2D eigenvalue weighted by molar-refractivity contribution is -0.353. The summed E-state index contributed by atoms with van der Waals surface area (Å²) in [7, 11) is 2.42. The van der Waals surface area contributed by atoms with Crippen LogP contribution in [0.25, 0.3) is 0 Å². The van der Waals surface area contributed by atoms with Gasteiger partial charge < -0.3 is 30.0 Å². The minimum atomic E-state index is -5.90. The van der Waals surface area contributed by atoms with E-state index in [1.54, 1.807) is 0 Å². The lowest BCUT2D eigenvalue weighted by Gasteiger charge is -2.36. The number of hydrogen-bond acceptors (Lipinski definition) is 11. The van der Waals surface area contributed by atoms with E-state index in [1.165, 1.54) is 62.8 Å². The van der Waals surface area contributed by atoms with Gasteiger partial charge in [0.05, 0.1) is 30.9 Å². The summed E-state index contributed by atoms with van der Waals surface area (Å²) in [6, 6.07) is 17.2. The van der Waals surface area contributed by atoms with Gasteiger partial charge in [0.15, 0.2) is 0 Å². The van der Waals surface area contributed by atoms with Crippen molar-refractivity contribution in [2.45, 2.75) is 25.6 Å². The minimum absolute atomic E-state index is 0.0144. The van der Waals surface area contributed by atoms with Crippen molar-refractivity contribution in [3.8, 4) is 11.5 Å². The maximum Gasteiger partial charge on any atom is 0.409 e. The second kappa shape index (κ2) is 18.0. The number of halogens is 6. The van der Waals surface area contributed by atoms with Crippen LogP contribution < -0.4 is 20.1 Å². The molecule has 0 unspecified atom stereocenters. The van der Waals surface area contributed by atoms with Crippen LogP contribution >= 0.6 is 0 Å². The number of carbonyl (C=O) groups excluding carboxylic acids is 2. The molecule has 13 nitrogen and oxygen atoms in total. The second-order valence-electron chi connectivity index (χ2n) is 11.5. The molecule has 0 fully saturated rings. The lowest BCUT2D eigenvalue weighted by Crippen LogP contribution is -2.57. The number of carboxylic acid groups (broad SMARTS) is 1. The van der Waals surface area contributed by atoms with E-state index in [2.05, 4.69) is 25.1 Å². The zero-order chi connectivity index (χ0) is 40.4. The molecule has 4 aromatic carbocycles. The van der Waals surface area contributed by atoms with E-state index in [0.29, 0.717) is 11.1 Å². The number of esters is 1. The monoisotopic (exact) mass is 782 g/mol. The molecule has 0 bridgehead atoms. The van der Waals surface area contributed by atoms with Crippen LogP contribution in [0, 0.1) is 5.41 Å². The smallest absolute Gasteiger partial charge is 0.409 e. The molecular weight excluding hydrogens is 750 g/mol. The van der Waals surface area contributed by atoms with Crippen molar-refractivity contribution in [1.29, 1.82) is 0 Å². The number of benzene rings is 4. The summed E-state index contributed by atoms with van der Waals surface area (Å²) >= 11 is 0. The lowest BCUT2D eigenvalue weighted by atomic mass is 9.88. The Balaban J connectivity index is 1.47. The van der Waals surface area contributed by atoms with Crippen LogP contribution in [-0.4, -0.2) is 68.0 Å². The first-order valence-electron chi connectivity index (χ1n) is 15.7. The number of methoxy groups -OCH3 is 1. The number of carboxylic acids is 1. The van der Waals surface area contributed by atoms with Crippen LogP contribution in [0.1, 0.15) is 42.2 Å². The van der Waals surface area contributed by atoms with Crippen LogP contribution in [0.15, 0.2) is 84.9 Å². The summed E-state index contributed by atoms with van der Waals surface area (Å²) in [4.78, 5) is 50.0. The topological polar surface area (TPSA) is 171 Å². The molecule has 0 aliphatic heterocycles. The average Bonchev–Trinajstić information content (AvgIpc) is 3.14. The number of nitrogens with one attached hydrogen (secondary N) is 2. The summed E-state index contributed by atoms with van der Waals surface area (Å²) in [5.41, 5.74) is -3.63. The van der Waals surface area contributed by atoms with Crippen molar-refractivity contribution in [2.75, 3.05) is 38.1 Å². The number of hydrogen-bond donors (Lipinski definition) is 4. The summed E-state index contributed by atoms with van der Waals surface area (Å²) in [5, 5.41) is 23.7. The molecule has 0 aliphatic rings. The highest BCUT2D eigenvalue weighted by Crippen LogP contribution is 2.51. The Morgan fingerprint density at radius 1 is 0.709 bits per heavy atom. The van der Waals surface area contributed by atoms with Gasteiger partial charge in [-0.15, -0.1) is 0 Å². The second-order valence-corrected chi connectivity index (χ2v) is 11.5. The Bertz CT molecular complexity index is 1940. The van der Waals surface area contributed by atoms with E-state index < -0.39 is 54.6 Å². The first-order valence-corrected chi connectivity index (χ1v) is 15.7. The summed E-state index contributed by atoms with van der Waals surface area (Å²) in [6.45, 7) is -4.26. The van der Waals surface area contributed by atoms with Gasteiger partial charge in [-0.3, -0.25) is 10.1 Å². The summed E-state index contributed by atoms with van der Waals surface area (Å²) in [6.07, 6.45) is -11.8. The van der Waals surface area contributed by atoms with Gasteiger partial charge in [0.1, 0.15) is 37.9 Å². The van der Waals surface area contributed by atoms with Crippen molar-refractivity contribution in [1.82, 2.24) is 0 Å². The van der Waals surface area contributed by atoms with Crippen molar-refractivity contribution in [3.05, 3.63) is 113 Å². The number of amides is 1. The van der Waals surface area contributed by atoms with E-state index in [1.807, 2.05) is 0 Å². The molecule has 0 aromatic heterocycles. The first kappa shape index (κ1) is 41.9. The number of rotatable bonds is 17. The molecule has 55 heavy (non-hydrogen) atoms. The predicted octanol–water partition coefficient (Wildman–Crippen LogP) is 7.80. The molecule has 1 amide bonds. The van der Waals surface area contributed by atoms with Crippen LogP contribution in [-0.2, 0) is 32.6 Å². The fourth-order valence-electron chi connectivity index (χ4n) is 4.88. The van der Waals surface area contributed by atoms with E-state index in [0.717, 1.165) is 36.4 Å². The van der Waals surface area contributed by atoms with E-state index >= 15 is 0 Å². The molecular formula is C36H32F6N2O11. The third kappa shape index (κ3) is 10.4. The van der Waals surface area contributed by atoms with E-state index in [4.69, 9.17) is 19.6 Å². The maximum absolute atomic E-state index is 14.3. The van der Waals surface area contributed by atoms with Crippen LogP contribution in [0.2, 0.25) is 0 Å². The number of aromatic carboxylic acids is 1. The van der Waals surface area contributed by atoms with Gasteiger partial charge in [0.2, 0.25) is 5.41 Å². The molecule has 4 N–H and O–H groups in total. The third-order valence-corrected chi connectivity index (χ3v) is 7.95. The highest BCUT2D eigenvalue weighted by Gasteiger charge is 2.72. The molecule has 0 atom stereocenters. The van der Waals surface area contributed by atoms with Gasteiger partial charge in [-0.25, -0.2) is 24.3 Å². The van der Waals surface area contributed by atoms with Gasteiger partial charge in [-0.2, -0.15) is 26.3 Å². The standard InChI is InChI=1S/C36H32F6N2O11/c1-50-33(48)22-4-5-23(18-54-49)30(16-22)43-24-6-10-26(11-7-24)52-19-34(35(37,38)39,36(40,41)42)20-53-27-12-8-25(9-13-27)44-31(45)29-15-21(17-55-51-2)3-14-28(29)32(46)47/h3-16,43,49H,17-20H2,1-2H3,(H,44,45)(H,46,47). The van der Waals surface area contributed by atoms with Gasteiger partial charge in [0.25, 0.3) is 5.91 Å². The molecule has 0 aliphatic carbocycles. The van der Waals surface area contributed by atoms with Crippen LogP contribution in [0.4, 0.5) is 43.4 Å². The molecule has 294 valence electrons. The Hall–Kier alpha value is -5.89. The highest BCUT2D eigenvalue weighted by molar-refractivity contribution is 6.10. The Labute approximate surface area is 308 Å². The maximum atomic E-state index is 14.3. The quantitative estimate of drug-likeness (QED) is 0.0355. The SMILES string of the molecule is COOCc1ccc(C(=O)O)c(C(=O)Nc2ccc(OCC(COc3ccc(Nc4cc(C(=O)OC)ccc4COO)cc3)(C(F)(F)F)C(F)(F)F)cc2)c1. The van der Waals surface area contributed by atoms with Crippen molar-refractivity contribution in [3.63, 3.8) is 0 Å². The summed E-state index contributed by atoms with van der Waals surface area (Å²) in [5.74, 6) is -3.73. The zero-order valence-electron chi connectivity index (χ0n) is 28.7. The van der Waals surface area contributed by atoms with Crippen LogP contribution in [0.5, 0.6) is 11.5 Å². The fraction of sp³-hybridized carbons (Fsp3) is 0.250.